The number of aliphatic hydroxyl groups is 1. The number of nitrogens with zero attached hydrogens (tertiary/aromatic N) is 1. The van der Waals surface area contributed by atoms with Crippen molar-refractivity contribution in [1.82, 2.24) is 5.32 Å². The number of phosphoric acid groups is 1. The molecule has 0 heterocycles. The minimum absolute atomic E-state index is 0.0533. The van der Waals surface area contributed by atoms with Crippen LogP contribution in [0, 0.1) is 0 Å². The summed E-state index contributed by atoms with van der Waals surface area (Å²) in [5, 5.41) is 14.0. The molecule has 1 amide bonds. The number of carbonyl (C=O) groups is 1. The quantitative estimate of drug-likeness (QED) is 0.0243. The Balaban J connectivity index is 4.19. The average molecular weight is 1080 g/mol. The van der Waals surface area contributed by atoms with Crippen LogP contribution < -0.4 is 5.32 Å². The van der Waals surface area contributed by atoms with Gasteiger partial charge in [0.15, 0.2) is 0 Å². The Morgan fingerprint density at radius 2 is 0.803 bits per heavy atom. The van der Waals surface area contributed by atoms with Gasteiger partial charge in [0.1, 0.15) is 13.2 Å². The van der Waals surface area contributed by atoms with Gasteiger partial charge in [-0.25, -0.2) is 4.57 Å². The molecule has 0 spiro atoms. The highest BCUT2D eigenvalue weighted by Crippen LogP contribution is 2.43. The molecule has 0 radical (unpaired) electrons. The number of rotatable bonds is 58. The predicted molar refractivity (Wildman–Crippen MR) is 332 cm³/mol. The van der Waals surface area contributed by atoms with E-state index >= 15 is 0 Å². The van der Waals surface area contributed by atoms with Crippen molar-refractivity contribution in [2.45, 2.75) is 296 Å². The second kappa shape index (κ2) is 57.4. The van der Waals surface area contributed by atoms with Crippen molar-refractivity contribution in [3.8, 4) is 0 Å². The molecule has 442 valence electrons. The van der Waals surface area contributed by atoms with Gasteiger partial charge in [0, 0.05) is 6.42 Å². The molecule has 8 nitrogen and oxygen atoms in total. The minimum Gasteiger partial charge on any atom is -0.387 e. The molecule has 0 aliphatic carbocycles. The van der Waals surface area contributed by atoms with E-state index in [1.54, 1.807) is 6.08 Å². The van der Waals surface area contributed by atoms with Gasteiger partial charge in [0.25, 0.3) is 0 Å². The van der Waals surface area contributed by atoms with Crippen molar-refractivity contribution in [3.63, 3.8) is 0 Å². The molecule has 0 aromatic rings. The van der Waals surface area contributed by atoms with E-state index < -0.39 is 20.0 Å². The largest absolute Gasteiger partial charge is 0.472 e. The number of carbonyl (C=O) groups excluding carboxylic acids is 1. The third-order valence-electron chi connectivity index (χ3n) is 14.1. The molecule has 0 rings (SSSR count). The van der Waals surface area contributed by atoms with Gasteiger partial charge in [-0.2, -0.15) is 0 Å². The maximum Gasteiger partial charge on any atom is 0.472 e. The molecule has 3 N–H and O–H groups in total. The van der Waals surface area contributed by atoms with E-state index in [4.69, 9.17) is 9.05 Å². The first-order valence-electron chi connectivity index (χ1n) is 32.0. The lowest BCUT2D eigenvalue weighted by Crippen LogP contribution is -2.45. The van der Waals surface area contributed by atoms with Crippen LogP contribution in [0.25, 0.3) is 0 Å². The number of nitrogens with one attached hydrogen (secondary N) is 1. The summed E-state index contributed by atoms with van der Waals surface area (Å²) in [5.41, 5.74) is 0. The van der Waals surface area contributed by atoms with E-state index in [-0.39, 0.29) is 19.1 Å². The summed E-state index contributed by atoms with van der Waals surface area (Å²) >= 11 is 0. The van der Waals surface area contributed by atoms with Crippen molar-refractivity contribution in [1.29, 1.82) is 0 Å². The van der Waals surface area contributed by atoms with Gasteiger partial charge in [-0.3, -0.25) is 13.8 Å². The highest BCUT2D eigenvalue weighted by atomic mass is 31.2. The second-order valence-electron chi connectivity index (χ2n) is 22.7. The van der Waals surface area contributed by atoms with Gasteiger partial charge in [-0.1, -0.05) is 285 Å². The van der Waals surface area contributed by atoms with Crippen LogP contribution in [0.15, 0.2) is 85.1 Å². The molecule has 3 unspecified atom stereocenters. The Labute approximate surface area is 471 Å². The number of allylic oxidation sites excluding steroid dienone is 13. The SMILES string of the molecule is CC/C=C\C/C=C\C/C=C\C/C=C\C/C=C\CCCCCCCCCCCCCCCC(=O)NC(COP(=O)(O)OCC[N+](C)(C)C)C(O)/C=C/CC/C=C/CCCCCCCCCCCCCCCCCCCCC. The highest BCUT2D eigenvalue weighted by Gasteiger charge is 2.27. The zero-order valence-electron chi connectivity index (χ0n) is 50.5. The summed E-state index contributed by atoms with van der Waals surface area (Å²) in [7, 11) is 1.55. The fourth-order valence-corrected chi connectivity index (χ4v) is 9.88. The second-order valence-corrected chi connectivity index (χ2v) is 24.2. The van der Waals surface area contributed by atoms with E-state index in [9.17, 15) is 19.4 Å². The van der Waals surface area contributed by atoms with Gasteiger partial charge in [0.05, 0.1) is 39.9 Å². The Hall–Kier alpha value is -2.32. The molecule has 0 aromatic carbocycles. The summed E-state index contributed by atoms with van der Waals surface area (Å²) in [6, 6.07) is -0.870. The fourth-order valence-electron chi connectivity index (χ4n) is 9.15. The lowest BCUT2D eigenvalue weighted by Gasteiger charge is -2.25. The first-order valence-corrected chi connectivity index (χ1v) is 33.5. The van der Waals surface area contributed by atoms with E-state index in [1.807, 2.05) is 27.2 Å². The van der Waals surface area contributed by atoms with E-state index in [1.165, 1.54) is 193 Å². The summed E-state index contributed by atoms with van der Waals surface area (Å²) in [5.74, 6) is -0.188. The number of amides is 1. The molecule has 76 heavy (non-hydrogen) atoms. The molecule has 0 bridgehead atoms. The number of hydrogen-bond donors (Lipinski definition) is 3. The number of quaternary nitrogens is 1. The summed E-state index contributed by atoms with van der Waals surface area (Å²) < 4.78 is 23.8. The van der Waals surface area contributed by atoms with Crippen molar-refractivity contribution >= 4 is 13.7 Å². The molecular weight excluding hydrogens is 960 g/mol. The summed E-state index contributed by atoms with van der Waals surface area (Å²) in [6.45, 7) is 4.71. The molecule has 0 aliphatic heterocycles. The normalized spacial score (nSPS) is 14.4. The van der Waals surface area contributed by atoms with Crippen LogP contribution in [-0.2, 0) is 18.4 Å². The van der Waals surface area contributed by atoms with Crippen molar-refractivity contribution in [3.05, 3.63) is 85.1 Å². The lowest BCUT2D eigenvalue weighted by molar-refractivity contribution is -0.870. The van der Waals surface area contributed by atoms with Crippen molar-refractivity contribution in [2.75, 3.05) is 40.9 Å². The van der Waals surface area contributed by atoms with E-state index in [0.717, 1.165) is 70.6 Å². The van der Waals surface area contributed by atoms with E-state index in [2.05, 4.69) is 92.1 Å². The molecule has 0 saturated carbocycles. The maximum atomic E-state index is 13.0. The van der Waals surface area contributed by atoms with Crippen LogP contribution in [-0.4, -0.2) is 73.4 Å². The predicted octanol–water partition coefficient (Wildman–Crippen LogP) is 20.0. The molecular formula is C67H124N2O6P+. The summed E-state index contributed by atoms with van der Waals surface area (Å²) in [4.78, 5) is 23.4. The minimum atomic E-state index is -4.36. The van der Waals surface area contributed by atoms with Gasteiger partial charge in [-0.05, 0) is 77.0 Å². The third kappa shape index (κ3) is 59.3. The smallest absolute Gasteiger partial charge is 0.387 e. The first-order chi connectivity index (χ1) is 37.0. The van der Waals surface area contributed by atoms with Crippen LogP contribution in [0.5, 0.6) is 0 Å². The van der Waals surface area contributed by atoms with Gasteiger partial charge < -0.3 is 19.8 Å². The van der Waals surface area contributed by atoms with Crippen LogP contribution in [0.3, 0.4) is 0 Å². The van der Waals surface area contributed by atoms with Gasteiger partial charge >= 0.3 is 7.82 Å². The molecule has 0 saturated heterocycles. The van der Waals surface area contributed by atoms with Crippen LogP contribution in [0.4, 0.5) is 0 Å². The maximum absolute atomic E-state index is 13.0. The molecule has 3 atom stereocenters. The molecule has 0 fully saturated rings. The number of likely N-dealkylation sites (N-methyl/N-ethyl adjacent to an activating group) is 1. The Morgan fingerprint density at radius 1 is 0.461 bits per heavy atom. The van der Waals surface area contributed by atoms with Crippen LogP contribution in [0.2, 0.25) is 0 Å². The zero-order chi connectivity index (χ0) is 55.6. The molecule has 0 aliphatic rings. The standard InChI is InChI=1S/C67H123N2O6P/c1-6-8-10-12-14-16-18-20-22-24-26-28-30-32-33-34-35-37-39-41-43-45-47-49-51-53-55-57-59-61-67(71)68-65(64-75-76(72,73)74-63-62-69(3,4)5)66(70)60-58-56-54-52-50-48-46-44-42-40-38-36-31-29-27-25-23-21-19-17-15-13-11-9-7-2/h8,10,14,16,20,22,26,28,32-33,50,52,58,60,65-66,70H,6-7,9,11-13,15,17-19,21,23-25,27,29-31,34-49,51,53-57,59,61-64H2,1-5H3,(H-,68,71,72,73)/p+1/b10-8-,16-14-,22-20-,28-26-,33-32-,52-50+,60-58+. The van der Waals surface area contributed by atoms with E-state index in [0.29, 0.717) is 17.4 Å². The monoisotopic (exact) mass is 1080 g/mol. The Morgan fingerprint density at radius 3 is 1.21 bits per heavy atom. The van der Waals surface area contributed by atoms with Crippen molar-refractivity contribution < 1.29 is 32.9 Å². The van der Waals surface area contributed by atoms with Crippen LogP contribution in [0.1, 0.15) is 284 Å². The highest BCUT2D eigenvalue weighted by molar-refractivity contribution is 7.47. The first kappa shape index (κ1) is 73.7. The summed E-state index contributed by atoms with van der Waals surface area (Å²) in [6.07, 6.45) is 81.4. The zero-order valence-corrected chi connectivity index (χ0v) is 51.4. The molecule has 9 heteroatoms. The lowest BCUT2D eigenvalue weighted by atomic mass is 10.0. The fraction of sp³-hybridized carbons (Fsp3) is 0.776. The number of hydrogen-bond acceptors (Lipinski definition) is 5. The Bertz CT molecular complexity index is 1510. The van der Waals surface area contributed by atoms with Crippen LogP contribution >= 0.6 is 7.82 Å². The number of aliphatic hydroxyl groups excluding tert-OH is 1. The van der Waals surface area contributed by atoms with Gasteiger partial charge in [0.2, 0.25) is 5.91 Å². The number of unbranched alkanes of at least 4 members (excludes halogenated alkanes) is 33. The van der Waals surface area contributed by atoms with Crippen molar-refractivity contribution in [2.24, 2.45) is 0 Å². The number of phosphoric ester groups is 1. The third-order valence-corrected chi connectivity index (χ3v) is 15.1. The molecule has 0 aromatic heterocycles. The van der Waals surface area contributed by atoms with Gasteiger partial charge in [-0.15, -0.1) is 0 Å². The topological polar surface area (TPSA) is 105 Å². The Kier molecular flexibility index (Phi) is 55.6. The average Bonchev–Trinajstić information content (AvgIpc) is 3.38.